The van der Waals surface area contributed by atoms with Crippen molar-refractivity contribution in [1.29, 1.82) is 0 Å². The van der Waals surface area contributed by atoms with E-state index in [-0.39, 0.29) is 0 Å². The molecule has 1 atom stereocenters. The Hall–Kier alpha value is -1.69. The summed E-state index contributed by atoms with van der Waals surface area (Å²) in [6, 6.07) is 10.2. The maximum atomic E-state index is 5.69. The minimum atomic E-state index is 0.359. The lowest BCUT2D eigenvalue weighted by atomic mass is 10.1. The molecule has 1 aliphatic heterocycles. The summed E-state index contributed by atoms with van der Waals surface area (Å²) in [6.07, 6.45) is 2.69. The van der Waals surface area contributed by atoms with Crippen molar-refractivity contribution >= 4 is 16.7 Å². The molecule has 0 bridgehead atoms. The fraction of sp³-hybridized carbons (Fsp3) is 0.438. The molecule has 1 aromatic heterocycles. The van der Waals surface area contributed by atoms with Crippen molar-refractivity contribution in [3.63, 3.8) is 0 Å². The Morgan fingerprint density at radius 1 is 1.43 bits per heavy atom. The second-order valence-corrected chi connectivity index (χ2v) is 5.66. The molecule has 0 aliphatic carbocycles. The van der Waals surface area contributed by atoms with Crippen molar-refractivity contribution in [2.45, 2.75) is 25.5 Å². The van der Waals surface area contributed by atoms with Gasteiger partial charge in [-0.05, 0) is 32.0 Å². The zero-order chi connectivity index (χ0) is 14.7. The zero-order valence-corrected chi connectivity index (χ0v) is 12.4. The number of hydrogen-bond acceptors (Lipinski definition) is 5. The molecule has 3 N–H and O–H groups in total. The van der Waals surface area contributed by atoms with Crippen LogP contribution in [0.3, 0.4) is 0 Å². The Kier molecular flexibility index (Phi) is 4.34. The summed E-state index contributed by atoms with van der Waals surface area (Å²) < 4.78 is 5.69. The maximum Gasteiger partial charge on any atom is 0.145 e. The Labute approximate surface area is 125 Å². The first-order valence-electron chi connectivity index (χ1n) is 7.41. The van der Waals surface area contributed by atoms with Gasteiger partial charge >= 0.3 is 0 Å². The highest BCUT2D eigenvalue weighted by molar-refractivity contribution is 5.81. The van der Waals surface area contributed by atoms with Gasteiger partial charge in [0.05, 0.1) is 11.6 Å². The van der Waals surface area contributed by atoms with Gasteiger partial charge in [0.1, 0.15) is 5.82 Å². The number of nitrogens with one attached hydrogen (secondary N) is 1. The number of likely N-dealkylation sites (N-methyl/N-ethyl adjacent to an activating group) is 1. The Bertz CT molecular complexity index is 610. The largest absolute Gasteiger partial charge is 0.377 e. The van der Waals surface area contributed by atoms with E-state index < -0.39 is 0 Å². The summed E-state index contributed by atoms with van der Waals surface area (Å²) in [5, 5.41) is 1.14. The molecule has 21 heavy (non-hydrogen) atoms. The van der Waals surface area contributed by atoms with E-state index in [0.717, 1.165) is 48.4 Å². The number of aromatic nitrogens is 1. The number of pyridine rings is 1. The first kappa shape index (κ1) is 14.3. The number of anilines is 1. The number of para-hydroxylation sites is 1. The third-order valence-electron chi connectivity index (χ3n) is 3.92. The molecule has 2 aromatic rings. The highest BCUT2D eigenvalue weighted by atomic mass is 16.5. The van der Waals surface area contributed by atoms with Crippen LogP contribution in [0.2, 0.25) is 0 Å². The van der Waals surface area contributed by atoms with Crippen LogP contribution < -0.4 is 11.3 Å². The summed E-state index contributed by atoms with van der Waals surface area (Å²) in [6.45, 7) is 2.64. The number of nitrogens with two attached hydrogens (primary N) is 1. The molecule has 5 heteroatoms. The third kappa shape index (κ3) is 3.32. The Balaban J connectivity index is 1.78. The van der Waals surface area contributed by atoms with E-state index in [0.29, 0.717) is 6.10 Å². The van der Waals surface area contributed by atoms with Crippen molar-refractivity contribution in [3.05, 3.63) is 35.9 Å². The van der Waals surface area contributed by atoms with Gasteiger partial charge in [0.15, 0.2) is 0 Å². The summed E-state index contributed by atoms with van der Waals surface area (Å²) in [5.74, 6) is 6.37. The van der Waals surface area contributed by atoms with Gasteiger partial charge in [-0.15, -0.1) is 0 Å². The van der Waals surface area contributed by atoms with Gasteiger partial charge in [-0.1, -0.05) is 18.2 Å². The molecule has 1 saturated heterocycles. The molecule has 0 spiro atoms. The monoisotopic (exact) mass is 286 g/mol. The minimum absolute atomic E-state index is 0.359. The molecule has 1 fully saturated rings. The van der Waals surface area contributed by atoms with Gasteiger partial charge in [-0.2, -0.15) is 0 Å². The van der Waals surface area contributed by atoms with E-state index >= 15 is 0 Å². The molecule has 0 amide bonds. The molecule has 0 radical (unpaired) electrons. The zero-order valence-electron chi connectivity index (χ0n) is 12.4. The number of hydrogen-bond donors (Lipinski definition) is 2. The first-order valence-corrected chi connectivity index (χ1v) is 7.41. The summed E-state index contributed by atoms with van der Waals surface area (Å²) in [5.41, 5.74) is 4.78. The molecule has 1 aromatic carbocycles. The van der Waals surface area contributed by atoms with Crippen LogP contribution in [-0.2, 0) is 11.3 Å². The first-order chi connectivity index (χ1) is 10.3. The van der Waals surface area contributed by atoms with E-state index in [1.54, 1.807) is 0 Å². The van der Waals surface area contributed by atoms with E-state index in [1.165, 1.54) is 6.42 Å². The quantitative estimate of drug-likeness (QED) is 0.651. The van der Waals surface area contributed by atoms with Crippen molar-refractivity contribution in [2.24, 2.45) is 5.84 Å². The second-order valence-electron chi connectivity index (χ2n) is 5.66. The summed E-state index contributed by atoms with van der Waals surface area (Å²) >= 11 is 0. The van der Waals surface area contributed by atoms with Gasteiger partial charge in [0.25, 0.3) is 0 Å². The lowest BCUT2D eigenvalue weighted by Gasteiger charge is -2.21. The van der Waals surface area contributed by atoms with Crippen molar-refractivity contribution in [2.75, 3.05) is 25.6 Å². The van der Waals surface area contributed by atoms with Gasteiger partial charge in [0.2, 0.25) is 0 Å². The van der Waals surface area contributed by atoms with Gasteiger partial charge < -0.3 is 10.2 Å². The van der Waals surface area contributed by atoms with Crippen LogP contribution >= 0.6 is 0 Å². The average molecular weight is 286 g/mol. The van der Waals surface area contributed by atoms with Crippen LogP contribution in [-0.4, -0.2) is 36.2 Å². The van der Waals surface area contributed by atoms with Gasteiger partial charge in [-0.25, -0.2) is 10.8 Å². The number of benzene rings is 1. The molecule has 0 saturated carbocycles. The van der Waals surface area contributed by atoms with Gasteiger partial charge in [0, 0.05) is 30.6 Å². The van der Waals surface area contributed by atoms with Gasteiger partial charge in [-0.3, -0.25) is 4.90 Å². The Morgan fingerprint density at radius 3 is 3.05 bits per heavy atom. The van der Waals surface area contributed by atoms with Crippen LogP contribution in [0, 0.1) is 0 Å². The number of nitrogen functional groups attached to an aromatic ring is 1. The smallest absolute Gasteiger partial charge is 0.145 e. The van der Waals surface area contributed by atoms with Crippen molar-refractivity contribution in [1.82, 2.24) is 9.88 Å². The van der Waals surface area contributed by atoms with E-state index in [1.807, 2.05) is 18.2 Å². The third-order valence-corrected chi connectivity index (χ3v) is 3.92. The molecule has 5 nitrogen and oxygen atoms in total. The fourth-order valence-corrected chi connectivity index (χ4v) is 2.90. The van der Waals surface area contributed by atoms with E-state index in [9.17, 15) is 0 Å². The predicted molar refractivity (Wildman–Crippen MR) is 84.9 cm³/mol. The highest BCUT2D eigenvalue weighted by Crippen LogP contribution is 2.21. The van der Waals surface area contributed by atoms with Crippen molar-refractivity contribution in [3.8, 4) is 0 Å². The second kappa shape index (κ2) is 6.39. The lowest BCUT2D eigenvalue weighted by molar-refractivity contribution is 0.0793. The van der Waals surface area contributed by atoms with Crippen LogP contribution in [0.15, 0.2) is 30.3 Å². The summed E-state index contributed by atoms with van der Waals surface area (Å²) in [7, 11) is 2.11. The SMILES string of the molecule is CN(Cc1cc2ccccc2nc1NN)CC1CCCO1. The molecule has 1 unspecified atom stereocenters. The van der Waals surface area contributed by atoms with Crippen LogP contribution in [0.5, 0.6) is 0 Å². The molecular weight excluding hydrogens is 264 g/mol. The van der Waals surface area contributed by atoms with E-state index in [2.05, 4.69) is 34.5 Å². The van der Waals surface area contributed by atoms with E-state index in [4.69, 9.17) is 10.6 Å². The molecule has 2 heterocycles. The van der Waals surface area contributed by atoms with Crippen molar-refractivity contribution < 1.29 is 4.74 Å². The number of nitrogens with zero attached hydrogens (tertiary/aromatic N) is 2. The molecule has 3 rings (SSSR count). The number of fused-ring (bicyclic) bond motifs is 1. The number of ether oxygens (including phenoxy) is 1. The minimum Gasteiger partial charge on any atom is -0.377 e. The fourth-order valence-electron chi connectivity index (χ4n) is 2.90. The Morgan fingerprint density at radius 2 is 2.29 bits per heavy atom. The molecular formula is C16H22N4O. The summed E-state index contributed by atoms with van der Waals surface area (Å²) in [4.78, 5) is 6.85. The average Bonchev–Trinajstić information content (AvgIpc) is 2.99. The highest BCUT2D eigenvalue weighted by Gasteiger charge is 2.18. The van der Waals surface area contributed by atoms with Crippen LogP contribution in [0.25, 0.3) is 10.9 Å². The number of hydrazine groups is 1. The maximum absolute atomic E-state index is 5.69. The van der Waals surface area contributed by atoms with Crippen LogP contribution in [0.4, 0.5) is 5.82 Å². The standard InChI is InChI=1S/C16H22N4O/c1-20(11-14-6-4-8-21-14)10-13-9-12-5-2-3-7-15(12)18-16(13)19-17/h2-3,5,7,9,14H,4,6,8,10-11,17H2,1H3,(H,18,19). The lowest BCUT2D eigenvalue weighted by Crippen LogP contribution is -2.29. The normalized spacial score (nSPS) is 18.5. The topological polar surface area (TPSA) is 63.4 Å². The van der Waals surface area contributed by atoms with Crippen LogP contribution in [0.1, 0.15) is 18.4 Å². The molecule has 112 valence electrons. The predicted octanol–water partition coefficient (Wildman–Crippen LogP) is 2.13. The molecule has 1 aliphatic rings. The number of rotatable bonds is 5.